The average Bonchev–Trinajstić information content (AvgIpc) is 3.81. The van der Waals surface area contributed by atoms with E-state index in [1.54, 1.807) is 4.90 Å². The minimum Gasteiger partial charge on any atom is -0.385 e. The van der Waals surface area contributed by atoms with Crippen LogP contribution in [0.4, 0.5) is 0 Å². The summed E-state index contributed by atoms with van der Waals surface area (Å²) in [5.41, 5.74) is -1.14. The van der Waals surface area contributed by atoms with Crippen molar-refractivity contribution in [2.24, 2.45) is 45.8 Å². The molecule has 46 heavy (non-hydrogen) atoms. The van der Waals surface area contributed by atoms with Gasteiger partial charge < -0.3 is 10.0 Å². The van der Waals surface area contributed by atoms with Crippen LogP contribution in [0.2, 0.25) is 0 Å². The number of amides is 1. The van der Waals surface area contributed by atoms with Crippen molar-refractivity contribution in [1.29, 1.82) is 0 Å². The third-order valence-corrected chi connectivity index (χ3v) is 15.3. The number of aliphatic hydroxyl groups excluding tert-OH is 1. The molecule has 2 aliphatic heterocycles. The number of carbonyl (C=O) groups excluding carboxylic acids is 4. The summed E-state index contributed by atoms with van der Waals surface area (Å²) in [6.07, 6.45) is 7.88. The second kappa shape index (κ2) is 13.0. The van der Waals surface area contributed by atoms with Crippen LogP contribution in [0.3, 0.4) is 0 Å². The lowest BCUT2D eigenvalue weighted by Gasteiger charge is -2.47. The van der Waals surface area contributed by atoms with Crippen LogP contribution in [0.25, 0.3) is 0 Å². The molecule has 1 N–H and O–H groups in total. The second-order valence-corrected chi connectivity index (χ2v) is 19.9. The van der Waals surface area contributed by atoms with Gasteiger partial charge in [-0.15, -0.1) is 0 Å². The number of hydrogen-bond acceptors (Lipinski definition) is 7. The van der Waals surface area contributed by atoms with E-state index >= 15 is 0 Å². The Balaban J connectivity index is 1.33. The molecule has 5 rings (SSSR count). The number of nitrogens with zero attached hydrogens (tertiary/aromatic N) is 1. The number of sulfone groups is 1. The van der Waals surface area contributed by atoms with E-state index in [4.69, 9.17) is 0 Å². The molecule has 1 unspecified atom stereocenters. The number of piperidine rings is 1. The van der Waals surface area contributed by atoms with Gasteiger partial charge in [-0.1, -0.05) is 67.2 Å². The Bertz CT molecular complexity index is 1300. The average molecular weight is 662 g/mol. The third kappa shape index (κ3) is 7.06. The Kier molecular flexibility index (Phi) is 10.1. The predicted molar refractivity (Wildman–Crippen MR) is 178 cm³/mol. The molecule has 3 aliphatic carbocycles. The summed E-state index contributed by atoms with van der Waals surface area (Å²) in [6, 6.07) is -0.623. The molecule has 5 fully saturated rings. The Morgan fingerprint density at radius 2 is 1.63 bits per heavy atom. The van der Waals surface area contributed by atoms with E-state index in [-0.39, 0.29) is 65.5 Å². The highest BCUT2D eigenvalue weighted by atomic mass is 32.2. The Hall–Kier alpha value is -1.61. The number of hydrogen-bond donors (Lipinski definition) is 1. The minimum atomic E-state index is -3.17. The van der Waals surface area contributed by atoms with Crippen LogP contribution in [-0.4, -0.2) is 71.4 Å². The molecule has 0 spiro atoms. The van der Waals surface area contributed by atoms with E-state index in [0.29, 0.717) is 31.7 Å². The molecule has 0 bridgehead atoms. The summed E-state index contributed by atoms with van der Waals surface area (Å²) < 4.78 is 25.5. The highest BCUT2D eigenvalue weighted by Crippen LogP contribution is 2.65. The summed E-state index contributed by atoms with van der Waals surface area (Å²) in [6.45, 7) is 12.6. The van der Waals surface area contributed by atoms with E-state index in [9.17, 15) is 32.7 Å². The monoisotopic (exact) mass is 661 g/mol. The topological polar surface area (TPSA) is 126 Å². The maximum Gasteiger partial charge on any atom is 0.227 e. The molecule has 1 amide bonds. The number of ketones is 3. The molecular weight excluding hydrogens is 602 g/mol. The summed E-state index contributed by atoms with van der Waals surface area (Å²) in [5, 5.41) is 10.6. The summed E-state index contributed by atoms with van der Waals surface area (Å²) in [4.78, 5) is 57.1. The standard InChI is InChI=1S/C37H59NO7S/c1-7-11-24(33(42)29(41)18-23-12-13-23)19-28(40)32-31-27(36(31,5)6)22-38(32)34(43)26(35(2,3)4)20-25(39)21-37(15-9-8-10-16-37)30-14-17-46(30,44)45/h23-24,26-27,30-33,42H,7-22H2,1-6H3/t24-,26-,27+,30+,31+,32-,33?/m1/s1. The molecule has 5 aliphatic rings. The van der Waals surface area contributed by atoms with Gasteiger partial charge in [0.15, 0.2) is 21.4 Å². The van der Waals surface area contributed by atoms with E-state index in [1.165, 1.54) is 0 Å². The van der Waals surface area contributed by atoms with Gasteiger partial charge in [-0.3, -0.25) is 19.2 Å². The number of Topliss-reactive ketones (excluding diaryl/α,β-unsaturated/α-hetero) is 3. The first-order valence-electron chi connectivity index (χ1n) is 18.2. The predicted octanol–water partition coefficient (Wildman–Crippen LogP) is 5.72. The molecule has 2 heterocycles. The van der Waals surface area contributed by atoms with Crippen molar-refractivity contribution >= 4 is 33.1 Å². The van der Waals surface area contributed by atoms with Gasteiger partial charge in [-0.25, -0.2) is 8.42 Å². The first kappa shape index (κ1) is 35.7. The van der Waals surface area contributed by atoms with Crippen molar-refractivity contribution in [3.8, 4) is 0 Å². The van der Waals surface area contributed by atoms with Crippen molar-refractivity contribution in [3.05, 3.63) is 0 Å². The van der Waals surface area contributed by atoms with Crippen molar-refractivity contribution in [3.63, 3.8) is 0 Å². The number of fused-ring (bicyclic) bond motifs is 1. The quantitative estimate of drug-likeness (QED) is 0.238. The molecule has 7 atom stereocenters. The van der Waals surface area contributed by atoms with Gasteiger partial charge in [-0.2, -0.15) is 0 Å². The van der Waals surface area contributed by atoms with Crippen molar-refractivity contribution < 1.29 is 32.7 Å². The number of rotatable bonds is 15. The zero-order valence-corrected chi connectivity index (χ0v) is 30.0. The van der Waals surface area contributed by atoms with Crippen LogP contribution in [-0.2, 0) is 29.0 Å². The highest BCUT2D eigenvalue weighted by molar-refractivity contribution is 7.93. The third-order valence-electron chi connectivity index (χ3n) is 12.9. The van der Waals surface area contributed by atoms with Crippen LogP contribution < -0.4 is 0 Å². The molecule has 0 aromatic heterocycles. The van der Waals surface area contributed by atoms with Gasteiger partial charge in [0, 0.05) is 38.1 Å². The number of likely N-dealkylation sites (tertiary alicyclic amines) is 1. The fraction of sp³-hybridized carbons (Fsp3) is 0.892. The SMILES string of the molecule is CCC[C@H](CC(=O)[C@@H]1[C@@H]2[C@H](CN1C(=O)[C@@H](CC(=O)CC1([C@@H]3CCS3(=O)=O)CCCCC1)C(C)(C)C)C2(C)C)C(O)C(=O)CC1CC1. The van der Waals surface area contributed by atoms with Gasteiger partial charge >= 0.3 is 0 Å². The Labute approximate surface area is 277 Å². The highest BCUT2D eigenvalue weighted by Gasteiger charge is 2.69. The Morgan fingerprint density at radius 1 is 0.978 bits per heavy atom. The van der Waals surface area contributed by atoms with Gasteiger partial charge in [0.1, 0.15) is 11.9 Å². The van der Waals surface area contributed by atoms with E-state index in [1.807, 2.05) is 27.7 Å². The maximum absolute atomic E-state index is 14.5. The summed E-state index contributed by atoms with van der Waals surface area (Å²) >= 11 is 0. The van der Waals surface area contributed by atoms with E-state index in [2.05, 4.69) is 13.8 Å². The largest absolute Gasteiger partial charge is 0.385 e. The molecule has 3 saturated carbocycles. The molecule has 8 nitrogen and oxygen atoms in total. The van der Waals surface area contributed by atoms with E-state index in [0.717, 1.165) is 51.4 Å². The van der Waals surface area contributed by atoms with E-state index < -0.39 is 49.9 Å². The first-order valence-corrected chi connectivity index (χ1v) is 19.9. The molecule has 260 valence electrons. The van der Waals surface area contributed by atoms with Crippen molar-refractivity contribution in [2.75, 3.05) is 12.3 Å². The van der Waals surface area contributed by atoms with Crippen LogP contribution in [0.5, 0.6) is 0 Å². The molecule has 2 saturated heterocycles. The molecule has 0 radical (unpaired) electrons. The van der Waals surface area contributed by atoms with Crippen molar-refractivity contribution in [1.82, 2.24) is 4.90 Å². The van der Waals surface area contributed by atoms with Crippen LogP contribution in [0.15, 0.2) is 0 Å². The fourth-order valence-electron chi connectivity index (χ4n) is 9.63. The zero-order valence-electron chi connectivity index (χ0n) is 29.2. The second-order valence-electron chi connectivity index (χ2n) is 17.6. The van der Waals surface area contributed by atoms with Crippen molar-refractivity contribution in [2.45, 2.75) is 149 Å². The lowest BCUT2D eigenvalue weighted by molar-refractivity contribution is -0.148. The molecule has 0 aromatic carbocycles. The lowest BCUT2D eigenvalue weighted by atomic mass is 9.66. The number of carbonyl (C=O) groups is 4. The van der Waals surface area contributed by atoms with Crippen LogP contribution in [0.1, 0.15) is 131 Å². The lowest BCUT2D eigenvalue weighted by Crippen LogP contribution is -2.52. The first-order chi connectivity index (χ1) is 21.4. The van der Waals surface area contributed by atoms with Gasteiger partial charge in [-0.05, 0) is 78.4 Å². The van der Waals surface area contributed by atoms with Gasteiger partial charge in [0.05, 0.1) is 17.0 Å². The maximum atomic E-state index is 14.5. The Morgan fingerprint density at radius 3 is 2.15 bits per heavy atom. The summed E-state index contributed by atoms with van der Waals surface area (Å²) in [7, 11) is -3.17. The smallest absolute Gasteiger partial charge is 0.227 e. The van der Waals surface area contributed by atoms with Gasteiger partial charge in [0.25, 0.3) is 0 Å². The normalized spacial score (nSPS) is 31.2. The summed E-state index contributed by atoms with van der Waals surface area (Å²) in [5.74, 6) is -0.795. The van der Waals surface area contributed by atoms with Gasteiger partial charge in [0.2, 0.25) is 5.91 Å². The molecular formula is C37H59NO7S. The molecule has 9 heteroatoms. The van der Waals surface area contributed by atoms with Crippen LogP contribution >= 0.6 is 0 Å². The van der Waals surface area contributed by atoms with Crippen LogP contribution in [0, 0.1) is 45.8 Å². The number of aliphatic hydroxyl groups is 1. The zero-order chi connectivity index (χ0) is 33.8. The fourth-order valence-corrected chi connectivity index (χ4v) is 11.6. The molecule has 0 aromatic rings. The minimum absolute atomic E-state index is 0.0242.